The lowest BCUT2D eigenvalue weighted by Crippen LogP contribution is -2.52. The highest BCUT2D eigenvalue weighted by Crippen LogP contribution is 2.36. The van der Waals surface area contributed by atoms with Crippen molar-refractivity contribution in [3.8, 4) is 0 Å². The van der Waals surface area contributed by atoms with E-state index in [4.69, 9.17) is 0 Å². The van der Waals surface area contributed by atoms with Crippen molar-refractivity contribution < 1.29 is 4.79 Å². The molecule has 1 saturated heterocycles. The van der Waals surface area contributed by atoms with Crippen LogP contribution in [0.15, 0.2) is 54.6 Å². The number of piperidine rings is 1. The SMILES string of the molecule is O=Cc1ccccc1C1(NCc2ccccc2)CCN(CC2CCCCC2)CC1. The maximum atomic E-state index is 11.8. The van der Waals surface area contributed by atoms with Gasteiger partial charge in [0.25, 0.3) is 0 Å². The van der Waals surface area contributed by atoms with Gasteiger partial charge in [-0.2, -0.15) is 0 Å². The van der Waals surface area contributed by atoms with Crippen LogP contribution in [0.1, 0.15) is 66.4 Å². The monoisotopic (exact) mass is 390 g/mol. The number of carbonyl (C=O) groups excluding carboxylic acids is 1. The van der Waals surface area contributed by atoms with Crippen LogP contribution in [-0.4, -0.2) is 30.8 Å². The lowest BCUT2D eigenvalue weighted by Gasteiger charge is -2.44. The van der Waals surface area contributed by atoms with E-state index in [0.29, 0.717) is 0 Å². The molecule has 154 valence electrons. The molecule has 0 radical (unpaired) electrons. The van der Waals surface area contributed by atoms with E-state index in [-0.39, 0.29) is 5.54 Å². The lowest BCUT2D eigenvalue weighted by molar-refractivity contribution is 0.105. The van der Waals surface area contributed by atoms with Crippen molar-refractivity contribution in [3.63, 3.8) is 0 Å². The Morgan fingerprint density at radius 1 is 0.931 bits per heavy atom. The van der Waals surface area contributed by atoms with Gasteiger partial charge in [-0.15, -0.1) is 0 Å². The molecule has 1 aliphatic heterocycles. The van der Waals surface area contributed by atoms with Gasteiger partial charge >= 0.3 is 0 Å². The standard InChI is InChI=1S/C26H34N2O/c29-21-24-13-7-8-14-25(24)26(27-19-22-9-3-1-4-10-22)15-17-28(18-16-26)20-23-11-5-2-6-12-23/h1,3-4,7-10,13-14,21,23,27H,2,5-6,11-12,15-20H2. The minimum absolute atomic E-state index is 0.129. The van der Waals surface area contributed by atoms with Crippen LogP contribution < -0.4 is 5.32 Å². The van der Waals surface area contributed by atoms with E-state index in [1.165, 1.54) is 49.8 Å². The summed E-state index contributed by atoms with van der Waals surface area (Å²) < 4.78 is 0. The van der Waals surface area contributed by atoms with E-state index >= 15 is 0 Å². The Morgan fingerprint density at radius 2 is 1.62 bits per heavy atom. The zero-order valence-corrected chi connectivity index (χ0v) is 17.5. The fourth-order valence-electron chi connectivity index (χ4n) is 5.30. The quantitative estimate of drug-likeness (QED) is 0.663. The van der Waals surface area contributed by atoms with Crippen molar-refractivity contribution in [1.29, 1.82) is 0 Å². The third kappa shape index (κ3) is 4.96. The number of hydrogen-bond acceptors (Lipinski definition) is 3. The molecule has 0 spiro atoms. The van der Waals surface area contributed by atoms with Crippen molar-refractivity contribution in [3.05, 3.63) is 71.3 Å². The second kappa shape index (κ2) is 9.69. The van der Waals surface area contributed by atoms with Gasteiger partial charge in [-0.3, -0.25) is 4.79 Å². The number of likely N-dealkylation sites (tertiary alicyclic amines) is 1. The summed E-state index contributed by atoms with van der Waals surface area (Å²) >= 11 is 0. The Kier molecular flexibility index (Phi) is 6.78. The van der Waals surface area contributed by atoms with Crippen LogP contribution in [0.25, 0.3) is 0 Å². The summed E-state index contributed by atoms with van der Waals surface area (Å²) in [6, 6.07) is 18.7. The maximum absolute atomic E-state index is 11.8. The Bertz CT molecular complexity index is 774. The van der Waals surface area contributed by atoms with Crippen LogP contribution in [0.2, 0.25) is 0 Å². The molecule has 2 aromatic rings. The first-order valence-electron chi connectivity index (χ1n) is 11.4. The maximum Gasteiger partial charge on any atom is 0.150 e. The molecule has 2 aliphatic rings. The Labute approximate surface area is 175 Å². The number of carbonyl (C=O) groups is 1. The van der Waals surface area contributed by atoms with E-state index in [9.17, 15) is 4.79 Å². The number of rotatable bonds is 7. The zero-order valence-electron chi connectivity index (χ0n) is 17.5. The molecular weight excluding hydrogens is 356 g/mol. The average Bonchev–Trinajstić information content (AvgIpc) is 2.80. The summed E-state index contributed by atoms with van der Waals surface area (Å²) in [5.41, 5.74) is 3.16. The van der Waals surface area contributed by atoms with Crippen molar-refractivity contribution in [2.24, 2.45) is 5.92 Å². The molecular formula is C26H34N2O. The molecule has 0 unspecified atom stereocenters. The Hall–Kier alpha value is -1.97. The van der Waals surface area contributed by atoms with E-state index < -0.39 is 0 Å². The van der Waals surface area contributed by atoms with Crippen LogP contribution in [0, 0.1) is 5.92 Å². The topological polar surface area (TPSA) is 32.3 Å². The molecule has 0 atom stereocenters. The summed E-state index contributed by atoms with van der Waals surface area (Å²) in [5, 5.41) is 3.88. The lowest BCUT2D eigenvalue weighted by atomic mass is 9.78. The van der Waals surface area contributed by atoms with Crippen LogP contribution in [-0.2, 0) is 12.1 Å². The first kappa shape index (κ1) is 20.3. The zero-order chi connectivity index (χ0) is 19.9. The first-order valence-corrected chi connectivity index (χ1v) is 11.4. The molecule has 0 amide bonds. The third-order valence-corrected chi connectivity index (χ3v) is 7.03. The van der Waals surface area contributed by atoms with E-state index in [2.05, 4.69) is 52.7 Å². The minimum atomic E-state index is -0.129. The number of benzene rings is 2. The highest BCUT2D eigenvalue weighted by atomic mass is 16.1. The van der Waals surface area contributed by atoms with Gasteiger partial charge in [0.05, 0.1) is 0 Å². The largest absolute Gasteiger partial charge is 0.303 e. The van der Waals surface area contributed by atoms with E-state index in [1.807, 2.05) is 12.1 Å². The van der Waals surface area contributed by atoms with Crippen LogP contribution in [0.3, 0.4) is 0 Å². The summed E-state index contributed by atoms with van der Waals surface area (Å²) in [6.45, 7) is 4.29. The van der Waals surface area contributed by atoms with Crippen LogP contribution in [0.4, 0.5) is 0 Å². The molecule has 29 heavy (non-hydrogen) atoms. The molecule has 1 aliphatic carbocycles. The molecule has 1 N–H and O–H groups in total. The predicted molar refractivity (Wildman–Crippen MR) is 119 cm³/mol. The normalized spacial score (nSPS) is 20.4. The van der Waals surface area contributed by atoms with Crippen LogP contribution in [0.5, 0.6) is 0 Å². The molecule has 1 saturated carbocycles. The van der Waals surface area contributed by atoms with Gasteiger partial charge in [0.1, 0.15) is 6.29 Å². The molecule has 1 heterocycles. The van der Waals surface area contributed by atoms with Gasteiger partial charge in [-0.1, -0.05) is 73.9 Å². The first-order chi connectivity index (χ1) is 14.3. The number of hydrogen-bond donors (Lipinski definition) is 1. The third-order valence-electron chi connectivity index (χ3n) is 7.03. The highest BCUT2D eigenvalue weighted by Gasteiger charge is 2.37. The summed E-state index contributed by atoms with van der Waals surface area (Å²) in [7, 11) is 0. The van der Waals surface area contributed by atoms with Gasteiger partial charge in [0, 0.05) is 37.3 Å². The van der Waals surface area contributed by atoms with E-state index in [1.54, 1.807) is 0 Å². The molecule has 3 heteroatoms. The fourth-order valence-corrected chi connectivity index (χ4v) is 5.30. The number of nitrogens with zero attached hydrogens (tertiary/aromatic N) is 1. The summed E-state index contributed by atoms with van der Waals surface area (Å²) in [4.78, 5) is 14.4. The van der Waals surface area contributed by atoms with Gasteiger partial charge < -0.3 is 10.2 Å². The van der Waals surface area contributed by atoms with Gasteiger partial charge in [-0.05, 0) is 42.7 Å². The predicted octanol–water partition coefficient (Wildman–Crippen LogP) is 5.16. The van der Waals surface area contributed by atoms with E-state index in [0.717, 1.165) is 50.2 Å². The number of aldehydes is 1. The number of nitrogens with one attached hydrogen (secondary N) is 1. The highest BCUT2D eigenvalue weighted by molar-refractivity contribution is 5.78. The van der Waals surface area contributed by atoms with Crippen molar-refractivity contribution in [2.45, 2.75) is 57.0 Å². The summed E-state index contributed by atoms with van der Waals surface area (Å²) in [6.07, 6.45) is 10.2. The molecule has 4 rings (SSSR count). The molecule has 0 bridgehead atoms. The molecule has 3 nitrogen and oxygen atoms in total. The smallest absolute Gasteiger partial charge is 0.150 e. The minimum Gasteiger partial charge on any atom is -0.303 e. The van der Waals surface area contributed by atoms with Gasteiger partial charge in [-0.25, -0.2) is 0 Å². The van der Waals surface area contributed by atoms with Gasteiger partial charge in [0.2, 0.25) is 0 Å². The van der Waals surface area contributed by atoms with Crippen molar-refractivity contribution >= 4 is 6.29 Å². The second-order valence-corrected chi connectivity index (χ2v) is 8.93. The second-order valence-electron chi connectivity index (χ2n) is 8.93. The Balaban J connectivity index is 1.49. The Morgan fingerprint density at radius 3 is 2.34 bits per heavy atom. The summed E-state index contributed by atoms with van der Waals surface area (Å²) in [5.74, 6) is 0.885. The van der Waals surface area contributed by atoms with Gasteiger partial charge in [0.15, 0.2) is 0 Å². The van der Waals surface area contributed by atoms with Crippen LogP contribution >= 0.6 is 0 Å². The van der Waals surface area contributed by atoms with Crippen molar-refractivity contribution in [2.75, 3.05) is 19.6 Å². The molecule has 2 aromatic carbocycles. The average molecular weight is 391 g/mol. The molecule has 2 fully saturated rings. The van der Waals surface area contributed by atoms with Crippen molar-refractivity contribution in [1.82, 2.24) is 10.2 Å². The molecule has 0 aromatic heterocycles. The fraction of sp³-hybridized carbons (Fsp3) is 0.500.